The van der Waals surface area contributed by atoms with Crippen LogP contribution >= 0.6 is 15.9 Å². The summed E-state index contributed by atoms with van der Waals surface area (Å²) in [5.74, 6) is 0.519. The first-order valence-electron chi connectivity index (χ1n) is 6.99. The molecule has 0 aromatic heterocycles. The summed E-state index contributed by atoms with van der Waals surface area (Å²) in [5, 5.41) is 3.41. The third kappa shape index (κ3) is 3.63. The fraction of sp³-hybridized carbons (Fsp3) is 0.294. The number of para-hydroxylation sites is 1. The Kier molecular flexibility index (Phi) is 5.76. The highest BCUT2D eigenvalue weighted by Crippen LogP contribution is 2.35. The molecule has 4 heteroatoms. The van der Waals surface area contributed by atoms with Crippen molar-refractivity contribution in [1.82, 2.24) is 5.32 Å². The highest BCUT2D eigenvalue weighted by molar-refractivity contribution is 9.10. The second kappa shape index (κ2) is 7.57. The summed E-state index contributed by atoms with van der Waals surface area (Å²) in [4.78, 5) is 0. The Labute approximate surface area is 133 Å². The predicted molar refractivity (Wildman–Crippen MR) is 87.2 cm³/mol. The van der Waals surface area contributed by atoms with E-state index in [0.29, 0.717) is 5.56 Å². The molecule has 0 spiro atoms. The van der Waals surface area contributed by atoms with Gasteiger partial charge >= 0.3 is 0 Å². The van der Waals surface area contributed by atoms with Crippen molar-refractivity contribution in [2.45, 2.75) is 19.4 Å². The summed E-state index contributed by atoms with van der Waals surface area (Å²) in [6.45, 7) is 2.88. The lowest BCUT2D eigenvalue weighted by atomic mass is 9.97. The first-order valence-corrected chi connectivity index (χ1v) is 7.78. The molecule has 1 atom stereocenters. The minimum atomic E-state index is -0.253. The quantitative estimate of drug-likeness (QED) is 0.815. The largest absolute Gasteiger partial charge is 0.496 e. The van der Waals surface area contributed by atoms with Crippen LogP contribution in [0.3, 0.4) is 0 Å². The summed E-state index contributed by atoms with van der Waals surface area (Å²) >= 11 is 3.46. The number of nitrogens with one attached hydrogen (secondary N) is 1. The van der Waals surface area contributed by atoms with Gasteiger partial charge in [0.05, 0.1) is 13.2 Å². The van der Waals surface area contributed by atoms with Gasteiger partial charge in [0.2, 0.25) is 0 Å². The zero-order valence-electron chi connectivity index (χ0n) is 12.2. The van der Waals surface area contributed by atoms with Crippen LogP contribution in [0.2, 0.25) is 0 Å². The molecule has 2 nitrogen and oxygen atoms in total. The molecule has 2 rings (SSSR count). The van der Waals surface area contributed by atoms with Crippen LogP contribution < -0.4 is 10.1 Å². The SMILES string of the molecule is CCCNC(c1ccccc1OC)c1c(F)cccc1Br. The number of halogens is 2. The van der Waals surface area contributed by atoms with Crippen molar-refractivity contribution in [2.75, 3.05) is 13.7 Å². The van der Waals surface area contributed by atoms with Crippen molar-refractivity contribution in [3.63, 3.8) is 0 Å². The van der Waals surface area contributed by atoms with Gasteiger partial charge in [0.15, 0.2) is 0 Å². The maximum atomic E-state index is 14.3. The third-order valence-corrected chi connectivity index (χ3v) is 4.03. The van der Waals surface area contributed by atoms with E-state index < -0.39 is 0 Å². The zero-order valence-corrected chi connectivity index (χ0v) is 13.8. The molecule has 2 aromatic carbocycles. The molecule has 0 aliphatic rings. The lowest BCUT2D eigenvalue weighted by Crippen LogP contribution is -2.25. The molecular formula is C17H19BrFNO. The highest BCUT2D eigenvalue weighted by atomic mass is 79.9. The second-order valence-corrected chi connectivity index (χ2v) is 5.62. The summed E-state index contributed by atoms with van der Waals surface area (Å²) in [6, 6.07) is 12.5. The van der Waals surface area contributed by atoms with Gasteiger partial charge < -0.3 is 10.1 Å². The van der Waals surface area contributed by atoms with Crippen LogP contribution in [0, 0.1) is 5.82 Å². The number of ether oxygens (including phenoxy) is 1. The summed E-state index contributed by atoms with van der Waals surface area (Å²) in [6.07, 6.45) is 0.970. The van der Waals surface area contributed by atoms with Gasteiger partial charge in [-0.15, -0.1) is 0 Å². The maximum Gasteiger partial charge on any atom is 0.129 e. The van der Waals surface area contributed by atoms with Crippen LogP contribution in [0.5, 0.6) is 5.75 Å². The molecule has 0 radical (unpaired) electrons. The van der Waals surface area contributed by atoms with E-state index in [0.717, 1.165) is 28.8 Å². The normalized spacial score (nSPS) is 12.2. The first-order chi connectivity index (χ1) is 10.2. The van der Waals surface area contributed by atoms with Gasteiger partial charge in [0.25, 0.3) is 0 Å². The maximum absolute atomic E-state index is 14.3. The van der Waals surface area contributed by atoms with E-state index in [1.807, 2.05) is 30.3 Å². The minimum absolute atomic E-state index is 0.233. The van der Waals surface area contributed by atoms with Gasteiger partial charge in [-0.25, -0.2) is 4.39 Å². The van der Waals surface area contributed by atoms with Crippen molar-refractivity contribution in [3.05, 3.63) is 63.9 Å². The number of rotatable bonds is 6. The molecular weight excluding hydrogens is 333 g/mol. The van der Waals surface area contributed by atoms with Crippen LogP contribution in [0.4, 0.5) is 4.39 Å². The monoisotopic (exact) mass is 351 g/mol. The van der Waals surface area contributed by atoms with Gasteiger partial charge in [0.1, 0.15) is 11.6 Å². The standard InChI is InChI=1S/C17H19BrFNO/c1-3-11-20-17(12-7-4-5-10-15(12)21-2)16-13(18)8-6-9-14(16)19/h4-10,17,20H,3,11H2,1-2H3. The average Bonchev–Trinajstić information content (AvgIpc) is 2.50. The molecule has 0 bridgehead atoms. The molecule has 0 fully saturated rings. The smallest absolute Gasteiger partial charge is 0.129 e. The third-order valence-electron chi connectivity index (χ3n) is 3.34. The Bertz CT molecular complexity index is 583. The molecule has 0 aliphatic heterocycles. The number of hydrogen-bond donors (Lipinski definition) is 1. The summed E-state index contributed by atoms with van der Waals surface area (Å²) in [5.41, 5.74) is 1.54. The van der Waals surface area contributed by atoms with Crippen LogP contribution in [-0.2, 0) is 0 Å². The Hall–Kier alpha value is -1.39. The van der Waals surface area contributed by atoms with E-state index in [1.165, 1.54) is 6.07 Å². The Morgan fingerprint density at radius 3 is 2.62 bits per heavy atom. The Morgan fingerprint density at radius 1 is 1.19 bits per heavy atom. The van der Waals surface area contributed by atoms with E-state index in [-0.39, 0.29) is 11.9 Å². The second-order valence-electron chi connectivity index (χ2n) is 4.76. The molecule has 0 saturated heterocycles. The average molecular weight is 352 g/mol. The molecule has 1 unspecified atom stereocenters. The van der Waals surface area contributed by atoms with Gasteiger partial charge in [-0.3, -0.25) is 0 Å². The van der Waals surface area contributed by atoms with Crippen molar-refractivity contribution in [2.24, 2.45) is 0 Å². The van der Waals surface area contributed by atoms with Gasteiger partial charge in [0, 0.05) is 15.6 Å². The summed E-state index contributed by atoms with van der Waals surface area (Å²) in [7, 11) is 1.63. The molecule has 112 valence electrons. The van der Waals surface area contributed by atoms with Crippen LogP contribution in [0.1, 0.15) is 30.5 Å². The predicted octanol–water partition coefficient (Wildman–Crippen LogP) is 4.69. The highest BCUT2D eigenvalue weighted by Gasteiger charge is 2.22. The summed E-state index contributed by atoms with van der Waals surface area (Å²) < 4.78 is 20.5. The van der Waals surface area contributed by atoms with E-state index in [2.05, 4.69) is 28.2 Å². The Balaban J connectivity index is 2.53. The van der Waals surface area contributed by atoms with E-state index in [1.54, 1.807) is 13.2 Å². The first kappa shape index (κ1) is 16.0. The fourth-order valence-electron chi connectivity index (χ4n) is 2.35. The van der Waals surface area contributed by atoms with E-state index in [9.17, 15) is 4.39 Å². The van der Waals surface area contributed by atoms with Crippen molar-refractivity contribution < 1.29 is 9.13 Å². The number of methoxy groups -OCH3 is 1. The number of benzene rings is 2. The Morgan fingerprint density at radius 2 is 1.95 bits per heavy atom. The molecule has 0 heterocycles. The fourth-order valence-corrected chi connectivity index (χ4v) is 2.92. The molecule has 0 saturated carbocycles. The van der Waals surface area contributed by atoms with Gasteiger partial charge in [-0.2, -0.15) is 0 Å². The molecule has 21 heavy (non-hydrogen) atoms. The van der Waals surface area contributed by atoms with Crippen molar-refractivity contribution >= 4 is 15.9 Å². The van der Waals surface area contributed by atoms with Crippen molar-refractivity contribution in [1.29, 1.82) is 0 Å². The van der Waals surface area contributed by atoms with Crippen LogP contribution in [0.15, 0.2) is 46.9 Å². The van der Waals surface area contributed by atoms with E-state index in [4.69, 9.17) is 4.74 Å². The van der Waals surface area contributed by atoms with E-state index >= 15 is 0 Å². The minimum Gasteiger partial charge on any atom is -0.496 e. The molecule has 2 aromatic rings. The number of hydrogen-bond acceptors (Lipinski definition) is 2. The topological polar surface area (TPSA) is 21.3 Å². The lowest BCUT2D eigenvalue weighted by Gasteiger charge is -2.23. The molecule has 0 aliphatic carbocycles. The lowest BCUT2D eigenvalue weighted by molar-refractivity contribution is 0.402. The van der Waals surface area contributed by atoms with Crippen molar-refractivity contribution in [3.8, 4) is 5.75 Å². The molecule has 1 N–H and O–H groups in total. The van der Waals surface area contributed by atoms with Gasteiger partial charge in [-0.1, -0.05) is 47.1 Å². The van der Waals surface area contributed by atoms with Crippen LogP contribution in [0.25, 0.3) is 0 Å². The zero-order chi connectivity index (χ0) is 15.2. The van der Waals surface area contributed by atoms with Gasteiger partial charge in [-0.05, 0) is 31.2 Å². The molecule has 0 amide bonds. The van der Waals surface area contributed by atoms with Crippen LogP contribution in [-0.4, -0.2) is 13.7 Å².